The minimum absolute atomic E-state index is 0.106. The van der Waals surface area contributed by atoms with E-state index >= 15 is 0 Å². The number of anilines is 2. The van der Waals surface area contributed by atoms with Gasteiger partial charge in [0.05, 0.1) is 6.33 Å². The summed E-state index contributed by atoms with van der Waals surface area (Å²) in [6.07, 6.45) is 2.72. The van der Waals surface area contributed by atoms with Crippen molar-refractivity contribution in [3.8, 4) is 0 Å². The Kier molecular flexibility index (Phi) is 9.27. The molecule has 1 saturated carbocycles. The van der Waals surface area contributed by atoms with Crippen LogP contribution in [0.15, 0.2) is 10.9 Å². The Balaban J connectivity index is 0.00000112. The number of carboxylic acid groups (broad SMARTS) is 1. The molecule has 3 aromatic rings. The summed E-state index contributed by atoms with van der Waals surface area (Å²) in [7, 11) is 0. The lowest BCUT2D eigenvalue weighted by Crippen LogP contribution is -2.33. The molecule has 15 heteroatoms. The second kappa shape index (κ2) is 12.6. The Morgan fingerprint density at radius 1 is 1.15 bits per heavy atom. The lowest BCUT2D eigenvalue weighted by atomic mass is 9.92. The van der Waals surface area contributed by atoms with Crippen LogP contribution in [-0.4, -0.2) is 81.8 Å². The quantitative estimate of drug-likeness (QED) is 0.220. The van der Waals surface area contributed by atoms with E-state index in [1.165, 1.54) is 0 Å². The summed E-state index contributed by atoms with van der Waals surface area (Å²) in [5, 5.41) is 39.2. The molecule has 0 aromatic carbocycles. The van der Waals surface area contributed by atoms with Crippen molar-refractivity contribution in [2.24, 2.45) is 5.73 Å². The Morgan fingerprint density at radius 2 is 1.85 bits per heavy atom. The first kappa shape index (κ1) is 28.6. The van der Waals surface area contributed by atoms with Gasteiger partial charge in [0.2, 0.25) is 5.95 Å². The van der Waals surface area contributed by atoms with Gasteiger partial charge in [-0.3, -0.25) is 9.36 Å². The number of nitrogens with two attached hydrogens (primary N) is 1. The van der Waals surface area contributed by atoms with Gasteiger partial charge in [0, 0.05) is 18.1 Å². The molecule has 2 fully saturated rings. The van der Waals surface area contributed by atoms with E-state index in [1.54, 1.807) is 17.8 Å². The molecular formula is C24H37N9O6. The molecule has 39 heavy (non-hydrogen) atoms. The molecule has 0 bridgehead atoms. The van der Waals surface area contributed by atoms with Gasteiger partial charge in [-0.25, -0.2) is 4.98 Å². The maximum atomic E-state index is 10.9. The molecule has 2 aliphatic rings. The lowest BCUT2D eigenvalue weighted by Gasteiger charge is -2.27. The van der Waals surface area contributed by atoms with Gasteiger partial charge in [-0.05, 0) is 45.4 Å². The van der Waals surface area contributed by atoms with E-state index in [9.17, 15) is 10.2 Å². The first-order valence-corrected chi connectivity index (χ1v) is 13.2. The van der Waals surface area contributed by atoms with Gasteiger partial charge in [-0.1, -0.05) is 19.0 Å². The van der Waals surface area contributed by atoms with Crippen LogP contribution in [0.2, 0.25) is 0 Å². The molecule has 0 spiro atoms. The predicted octanol–water partition coefficient (Wildman–Crippen LogP) is 1.49. The van der Waals surface area contributed by atoms with Gasteiger partial charge in [-0.2, -0.15) is 15.0 Å². The lowest BCUT2D eigenvalue weighted by molar-refractivity contribution is -0.122. The van der Waals surface area contributed by atoms with Crippen molar-refractivity contribution >= 4 is 29.4 Å². The van der Waals surface area contributed by atoms with Gasteiger partial charge >= 0.3 is 0 Å². The second-order valence-electron chi connectivity index (χ2n) is 9.85. The zero-order chi connectivity index (χ0) is 28.1. The van der Waals surface area contributed by atoms with E-state index in [1.807, 2.05) is 0 Å². The smallest absolute Gasteiger partial charge is 0.290 e. The summed E-state index contributed by atoms with van der Waals surface area (Å²) in [6, 6.07) is 0.678. The van der Waals surface area contributed by atoms with Crippen LogP contribution in [-0.2, 0) is 9.53 Å². The topological polar surface area (TPSA) is 220 Å². The zero-order valence-electron chi connectivity index (χ0n) is 22.3. The third-order valence-electron chi connectivity index (χ3n) is 7.15. The number of nitrogens with zero attached hydrogens (tertiary/aromatic N) is 6. The number of fused-ring (bicyclic) bond motifs is 1. The number of aromatic nitrogens is 6. The average molecular weight is 548 g/mol. The molecular weight excluding hydrogens is 510 g/mol. The van der Waals surface area contributed by atoms with Gasteiger partial charge < -0.3 is 40.9 Å². The maximum Gasteiger partial charge on any atom is 0.290 e. The highest BCUT2D eigenvalue weighted by Gasteiger charge is 2.47. The summed E-state index contributed by atoms with van der Waals surface area (Å²) in [4.78, 5) is 26.6. The van der Waals surface area contributed by atoms with Crippen molar-refractivity contribution in [3.05, 3.63) is 18.0 Å². The van der Waals surface area contributed by atoms with Crippen LogP contribution in [0.5, 0.6) is 0 Å². The molecule has 3 aromatic heterocycles. The van der Waals surface area contributed by atoms with Crippen molar-refractivity contribution < 1.29 is 29.4 Å². The molecule has 7 N–H and O–H groups in total. The Bertz CT molecular complexity index is 1220. The van der Waals surface area contributed by atoms with E-state index in [4.69, 9.17) is 34.9 Å². The number of aliphatic hydroxyl groups is 2. The van der Waals surface area contributed by atoms with Crippen LogP contribution in [0.3, 0.4) is 0 Å². The number of carbonyl (C=O) groups is 1. The number of imidazole rings is 1. The monoisotopic (exact) mass is 547 g/mol. The van der Waals surface area contributed by atoms with Crippen LogP contribution in [0, 0.1) is 6.92 Å². The fourth-order valence-corrected chi connectivity index (χ4v) is 4.92. The first-order chi connectivity index (χ1) is 18.8. The van der Waals surface area contributed by atoms with Crippen LogP contribution >= 0.6 is 0 Å². The molecule has 1 saturated heterocycles. The summed E-state index contributed by atoms with van der Waals surface area (Å²) in [5.41, 5.74) is 7.11. The minimum atomic E-state index is -1.26. The van der Waals surface area contributed by atoms with E-state index in [-0.39, 0.29) is 30.5 Å². The van der Waals surface area contributed by atoms with E-state index < -0.39 is 24.5 Å². The molecule has 0 radical (unpaired) electrons. The summed E-state index contributed by atoms with van der Waals surface area (Å²) in [5.74, 6) is 1.60. The molecule has 1 aliphatic heterocycles. The number of rotatable bonds is 8. The fraction of sp³-hybridized carbons (Fsp3) is 0.667. The SMILES string of the molecule is CCC(CC)Nc1nc(N[C@H]2CC[C@H](N)CC2)nc2c1ncn2[C@@H]1O[C@H](c2nc(C)no2)[C@@H](O)[C@H]1O.O=CO. The van der Waals surface area contributed by atoms with E-state index in [2.05, 4.69) is 39.6 Å². The van der Waals surface area contributed by atoms with Crippen molar-refractivity contribution in [1.82, 2.24) is 29.7 Å². The van der Waals surface area contributed by atoms with Crippen LogP contribution < -0.4 is 16.4 Å². The molecule has 0 amide bonds. The summed E-state index contributed by atoms with van der Waals surface area (Å²) < 4.78 is 12.8. The molecule has 4 atom stereocenters. The van der Waals surface area contributed by atoms with Crippen LogP contribution in [0.4, 0.5) is 11.8 Å². The van der Waals surface area contributed by atoms with Crippen LogP contribution in [0.1, 0.15) is 76.4 Å². The van der Waals surface area contributed by atoms with Gasteiger partial charge in [-0.15, -0.1) is 0 Å². The van der Waals surface area contributed by atoms with Crippen molar-refractivity contribution in [1.29, 1.82) is 0 Å². The highest BCUT2D eigenvalue weighted by atomic mass is 16.6. The molecule has 5 rings (SSSR count). The Hall–Kier alpha value is -3.40. The van der Waals surface area contributed by atoms with Crippen LogP contribution in [0.25, 0.3) is 11.2 Å². The Labute approximate surface area is 225 Å². The van der Waals surface area contributed by atoms with Gasteiger partial charge in [0.1, 0.15) is 12.2 Å². The van der Waals surface area contributed by atoms with Crippen molar-refractivity contribution in [2.45, 2.75) is 102 Å². The standard InChI is InChI=1S/C23H35N9O4.CH2O2/c1-4-13(5-2)27-19-15-20(30-23(29-19)28-14-8-6-12(24)7-9-14)32(10-25-15)22-17(34)16(33)18(35-22)21-26-11(3)31-36-21;2-1-3/h10,12-14,16-18,22,33-34H,4-9,24H2,1-3H3,(H2,27,28,29,30);1H,(H,2,3)/t12-,14-,16-,17+,18-,22+;/m0./s1. The molecule has 214 valence electrons. The van der Waals surface area contributed by atoms with Crippen molar-refractivity contribution in [2.75, 3.05) is 10.6 Å². The summed E-state index contributed by atoms with van der Waals surface area (Å²) >= 11 is 0. The fourth-order valence-electron chi connectivity index (χ4n) is 4.92. The molecule has 15 nitrogen and oxygen atoms in total. The van der Waals surface area contributed by atoms with E-state index in [0.29, 0.717) is 28.8 Å². The zero-order valence-corrected chi connectivity index (χ0v) is 22.3. The molecule has 1 aliphatic carbocycles. The van der Waals surface area contributed by atoms with E-state index in [0.717, 1.165) is 38.5 Å². The number of hydrogen-bond donors (Lipinski definition) is 6. The number of nitrogens with one attached hydrogen (secondary N) is 2. The number of aryl methyl sites for hydroxylation is 1. The van der Waals surface area contributed by atoms with Gasteiger partial charge in [0.25, 0.3) is 12.4 Å². The van der Waals surface area contributed by atoms with Gasteiger partial charge in [0.15, 0.2) is 35.1 Å². The maximum absolute atomic E-state index is 10.9. The first-order valence-electron chi connectivity index (χ1n) is 13.2. The number of aliphatic hydroxyl groups excluding tert-OH is 2. The third kappa shape index (κ3) is 6.27. The second-order valence-corrected chi connectivity index (χ2v) is 9.85. The Morgan fingerprint density at radius 3 is 2.46 bits per heavy atom. The number of ether oxygens (including phenoxy) is 1. The molecule has 0 unspecified atom stereocenters. The summed E-state index contributed by atoms with van der Waals surface area (Å²) in [6.45, 7) is 5.66. The normalized spacial score (nSPS) is 26.8. The largest absolute Gasteiger partial charge is 0.483 e. The predicted molar refractivity (Wildman–Crippen MR) is 140 cm³/mol. The van der Waals surface area contributed by atoms with Crippen molar-refractivity contribution in [3.63, 3.8) is 0 Å². The molecule has 4 heterocycles. The number of hydrogen-bond acceptors (Lipinski definition) is 13. The highest BCUT2D eigenvalue weighted by molar-refractivity contribution is 5.84. The highest BCUT2D eigenvalue weighted by Crippen LogP contribution is 2.39. The third-order valence-corrected chi connectivity index (χ3v) is 7.15. The average Bonchev–Trinajstić information content (AvgIpc) is 3.62. The minimum Gasteiger partial charge on any atom is -0.483 e.